The minimum atomic E-state index is -0.745. The number of ether oxygens (including phenoxy) is 1. The van der Waals surface area contributed by atoms with E-state index in [0.29, 0.717) is 12.0 Å². The molecule has 1 unspecified atom stereocenters. The fourth-order valence-corrected chi connectivity index (χ4v) is 2.30. The molecule has 0 amide bonds. The number of rotatable bonds is 5. The maximum absolute atomic E-state index is 12.1. The maximum Gasteiger partial charge on any atom is 0.330 e. The second-order valence-corrected chi connectivity index (χ2v) is 5.81. The molecular formula is C16H23NO2. The quantitative estimate of drug-likeness (QED) is 0.828. The normalized spacial score (nSPS) is 18.2. The highest BCUT2D eigenvalue weighted by atomic mass is 16.5. The van der Waals surface area contributed by atoms with Crippen molar-refractivity contribution in [3.8, 4) is 0 Å². The van der Waals surface area contributed by atoms with Crippen LogP contribution in [0, 0.1) is 0 Å². The van der Waals surface area contributed by atoms with Gasteiger partial charge in [-0.25, -0.2) is 4.79 Å². The number of carbonyl (C=O) groups is 1. The van der Waals surface area contributed by atoms with Crippen molar-refractivity contribution in [1.29, 1.82) is 0 Å². The average molecular weight is 261 g/mol. The van der Waals surface area contributed by atoms with Gasteiger partial charge in [0.2, 0.25) is 0 Å². The number of benzene rings is 1. The molecule has 0 aliphatic heterocycles. The fourth-order valence-electron chi connectivity index (χ4n) is 2.30. The third kappa shape index (κ3) is 2.98. The molecule has 19 heavy (non-hydrogen) atoms. The van der Waals surface area contributed by atoms with Gasteiger partial charge in [0.15, 0.2) is 0 Å². The van der Waals surface area contributed by atoms with Crippen LogP contribution in [0.5, 0.6) is 0 Å². The Hall–Kier alpha value is -1.35. The van der Waals surface area contributed by atoms with Gasteiger partial charge in [-0.3, -0.25) is 5.32 Å². The Labute approximate surface area is 115 Å². The Bertz CT molecular complexity index is 448. The van der Waals surface area contributed by atoms with E-state index in [2.05, 4.69) is 31.3 Å². The van der Waals surface area contributed by atoms with E-state index in [1.807, 2.05) is 19.1 Å². The van der Waals surface area contributed by atoms with Crippen LogP contribution in [0.3, 0.4) is 0 Å². The Morgan fingerprint density at radius 2 is 1.89 bits per heavy atom. The molecule has 3 heteroatoms. The van der Waals surface area contributed by atoms with Crippen molar-refractivity contribution >= 4 is 5.97 Å². The number of hydrogen-bond donors (Lipinski definition) is 1. The first-order valence-electron chi connectivity index (χ1n) is 6.94. The van der Waals surface area contributed by atoms with Gasteiger partial charge in [-0.15, -0.1) is 0 Å². The van der Waals surface area contributed by atoms with Crippen molar-refractivity contribution in [1.82, 2.24) is 5.32 Å². The molecule has 1 N–H and O–H groups in total. The smallest absolute Gasteiger partial charge is 0.330 e. The number of hydrogen-bond acceptors (Lipinski definition) is 3. The standard InChI is InChI=1S/C16H23NO2/c1-11(2)12-5-7-13(8-6-12)16(3,15(18)19-4)17-14-9-10-14/h5-8,11,14,17H,9-10H2,1-4H3. The van der Waals surface area contributed by atoms with Gasteiger partial charge in [0, 0.05) is 6.04 Å². The molecule has 2 rings (SSSR count). The van der Waals surface area contributed by atoms with Crippen LogP contribution in [-0.2, 0) is 15.1 Å². The summed E-state index contributed by atoms with van der Waals surface area (Å²) >= 11 is 0. The van der Waals surface area contributed by atoms with Crippen LogP contribution in [0.15, 0.2) is 24.3 Å². The largest absolute Gasteiger partial charge is 0.467 e. The maximum atomic E-state index is 12.1. The lowest BCUT2D eigenvalue weighted by molar-refractivity contribution is -0.148. The molecule has 0 heterocycles. The third-order valence-electron chi connectivity index (χ3n) is 3.82. The fraction of sp³-hybridized carbons (Fsp3) is 0.562. The lowest BCUT2D eigenvalue weighted by atomic mass is 9.89. The lowest BCUT2D eigenvalue weighted by Gasteiger charge is -2.29. The summed E-state index contributed by atoms with van der Waals surface area (Å²) in [6, 6.07) is 8.68. The van der Waals surface area contributed by atoms with Gasteiger partial charge in [-0.1, -0.05) is 38.1 Å². The molecule has 1 atom stereocenters. The Kier molecular flexibility index (Phi) is 3.95. The molecule has 0 radical (unpaired) electrons. The lowest BCUT2D eigenvalue weighted by Crippen LogP contribution is -2.48. The van der Waals surface area contributed by atoms with Crippen molar-refractivity contribution in [3.63, 3.8) is 0 Å². The van der Waals surface area contributed by atoms with Crippen molar-refractivity contribution in [2.24, 2.45) is 0 Å². The van der Waals surface area contributed by atoms with E-state index in [1.54, 1.807) is 0 Å². The van der Waals surface area contributed by atoms with Crippen molar-refractivity contribution in [2.45, 2.75) is 51.1 Å². The Morgan fingerprint density at radius 1 is 1.32 bits per heavy atom. The van der Waals surface area contributed by atoms with E-state index in [0.717, 1.165) is 18.4 Å². The van der Waals surface area contributed by atoms with E-state index >= 15 is 0 Å². The summed E-state index contributed by atoms with van der Waals surface area (Å²) in [6.07, 6.45) is 2.27. The minimum absolute atomic E-state index is 0.225. The SMILES string of the molecule is COC(=O)C(C)(NC1CC1)c1ccc(C(C)C)cc1. The highest BCUT2D eigenvalue weighted by molar-refractivity contribution is 5.82. The van der Waals surface area contributed by atoms with E-state index in [4.69, 9.17) is 4.74 Å². The number of esters is 1. The summed E-state index contributed by atoms with van der Waals surface area (Å²) in [5.41, 5.74) is 1.50. The van der Waals surface area contributed by atoms with Crippen molar-refractivity contribution in [3.05, 3.63) is 35.4 Å². The zero-order chi connectivity index (χ0) is 14.0. The predicted octanol–water partition coefficient (Wildman–Crippen LogP) is 2.95. The zero-order valence-corrected chi connectivity index (χ0v) is 12.2. The van der Waals surface area contributed by atoms with Gasteiger partial charge in [-0.2, -0.15) is 0 Å². The summed E-state index contributed by atoms with van der Waals surface area (Å²) in [7, 11) is 1.44. The summed E-state index contributed by atoms with van der Waals surface area (Å²) in [4.78, 5) is 12.1. The van der Waals surface area contributed by atoms with Crippen LogP contribution in [0.2, 0.25) is 0 Å². The molecule has 0 bridgehead atoms. The summed E-state index contributed by atoms with van der Waals surface area (Å²) in [6.45, 7) is 6.23. The first-order valence-corrected chi connectivity index (χ1v) is 6.94. The van der Waals surface area contributed by atoms with Crippen LogP contribution in [0.25, 0.3) is 0 Å². The number of nitrogens with one attached hydrogen (secondary N) is 1. The topological polar surface area (TPSA) is 38.3 Å². The van der Waals surface area contributed by atoms with Gasteiger partial charge in [0.05, 0.1) is 7.11 Å². The van der Waals surface area contributed by atoms with E-state index in [9.17, 15) is 4.79 Å². The molecule has 1 fully saturated rings. The summed E-state index contributed by atoms with van der Waals surface area (Å²) in [5, 5.41) is 3.41. The molecule has 1 aromatic carbocycles. The molecular weight excluding hydrogens is 238 g/mol. The highest BCUT2D eigenvalue weighted by Crippen LogP contribution is 2.30. The highest BCUT2D eigenvalue weighted by Gasteiger charge is 2.40. The molecule has 1 saturated carbocycles. The van der Waals surface area contributed by atoms with Gasteiger partial charge < -0.3 is 4.74 Å². The monoisotopic (exact) mass is 261 g/mol. The van der Waals surface area contributed by atoms with Crippen LogP contribution in [0.1, 0.15) is 50.7 Å². The summed E-state index contributed by atoms with van der Waals surface area (Å²) in [5.74, 6) is 0.270. The molecule has 0 aromatic heterocycles. The van der Waals surface area contributed by atoms with Crippen molar-refractivity contribution in [2.75, 3.05) is 7.11 Å². The molecule has 3 nitrogen and oxygen atoms in total. The van der Waals surface area contributed by atoms with E-state index in [-0.39, 0.29) is 5.97 Å². The van der Waals surface area contributed by atoms with E-state index in [1.165, 1.54) is 12.7 Å². The van der Waals surface area contributed by atoms with Crippen LogP contribution >= 0.6 is 0 Å². The van der Waals surface area contributed by atoms with Crippen LogP contribution in [0.4, 0.5) is 0 Å². The zero-order valence-electron chi connectivity index (χ0n) is 12.2. The van der Waals surface area contributed by atoms with Crippen molar-refractivity contribution < 1.29 is 9.53 Å². The Morgan fingerprint density at radius 3 is 2.32 bits per heavy atom. The average Bonchev–Trinajstić information content (AvgIpc) is 3.21. The van der Waals surface area contributed by atoms with Gasteiger partial charge in [-0.05, 0) is 36.8 Å². The van der Waals surface area contributed by atoms with Crippen LogP contribution in [-0.4, -0.2) is 19.1 Å². The molecule has 1 aliphatic carbocycles. The summed E-state index contributed by atoms with van der Waals surface area (Å²) < 4.78 is 4.97. The Balaban J connectivity index is 2.28. The first kappa shape index (κ1) is 14.1. The molecule has 0 spiro atoms. The van der Waals surface area contributed by atoms with Gasteiger partial charge in [0.25, 0.3) is 0 Å². The molecule has 0 saturated heterocycles. The minimum Gasteiger partial charge on any atom is -0.467 e. The third-order valence-corrected chi connectivity index (χ3v) is 3.82. The molecule has 1 aliphatic rings. The second-order valence-electron chi connectivity index (χ2n) is 5.81. The number of carbonyl (C=O) groups excluding carboxylic acids is 1. The predicted molar refractivity (Wildman–Crippen MR) is 76.1 cm³/mol. The second kappa shape index (κ2) is 5.33. The molecule has 1 aromatic rings. The van der Waals surface area contributed by atoms with Crippen LogP contribution < -0.4 is 5.32 Å². The number of methoxy groups -OCH3 is 1. The van der Waals surface area contributed by atoms with Gasteiger partial charge >= 0.3 is 5.97 Å². The van der Waals surface area contributed by atoms with Gasteiger partial charge in [0.1, 0.15) is 5.54 Å². The first-order chi connectivity index (χ1) is 8.97. The van der Waals surface area contributed by atoms with E-state index < -0.39 is 5.54 Å². The molecule has 104 valence electrons.